The van der Waals surface area contributed by atoms with E-state index in [1.165, 1.54) is 42.1 Å². The fraction of sp³-hybridized carbons (Fsp3) is 0.444. The van der Waals surface area contributed by atoms with Crippen molar-refractivity contribution in [3.8, 4) is 0 Å². The minimum Gasteiger partial charge on any atom is -0.371 e. The Morgan fingerprint density at radius 2 is 1.65 bits per heavy atom. The fourth-order valence-electron chi connectivity index (χ4n) is 2.70. The summed E-state index contributed by atoms with van der Waals surface area (Å²) in [5.41, 5.74) is 1.37. The lowest BCUT2D eigenvalue weighted by Gasteiger charge is -2.24. The van der Waals surface area contributed by atoms with Crippen LogP contribution >= 0.6 is 12.6 Å². The van der Waals surface area contributed by atoms with Crippen LogP contribution in [0.2, 0.25) is 0 Å². The highest BCUT2D eigenvalue weighted by Gasteiger charge is 2.07. The summed E-state index contributed by atoms with van der Waals surface area (Å²) in [5.74, 6) is 1.01. The molecule has 0 saturated carbocycles. The lowest BCUT2D eigenvalue weighted by molar-refractivity contribution is 0.653. The molecule has 0 radical (unpaired) electrons. The highest BCUT2D eigenvalue weighted by atomic mass is 32.1. The van der Waals surface area contributed by atoms with Crippen molar-refractivity contribution < 1.29 is 0 Å². The van der Waals surface area contributed by atoms with Crippen molar-refractivity contribution in [3.05, 3.63) is 42.5 Å². The number of rotatable bonds is 8. The number of thiol groups is 1. The van der Waals surface area contributed by atoms with Crippen LogP contribution in [-0.4, -0.2) is 18.8 Å². The molecule has 0 fully saturated rings. The molecule has 0 heterocycles. The summed E-state index contributed by atoms with van der Waals surface area (Å²) in [7, 11) is 0. The molecule has 0 aliphatic rings. The molecule has 2 aromatic rings. The molecule has 0 N–H and O–H groups in total. The van der Waals surface area contributed by atoms with Gasteiger partial charge in [-0.2, -0.15) is 12.6 Å². The number of nitrogens with zero attached hydrogens (tertiary/aromatic N) is 1. The maximum atomic E-state index is 4.27. The molecular weight excluding hydrogens is 262 g/mol. The van der Waals surface area contributed by atoms with Gasteiger partial charge in [0.2, 0.25) is 0 Å². The molecule has 0 spiro atoms. The van der Waals surface area contributed by atoms with Gasteiger partial charge in [0, 0.05) is 24.2 Å². The van der Waals surface area contributed by atoms with Crippen molar-refractivity contribution in [3.63, 3.8) is 0 Å². The first-order chi connectivity index (χ1) is 9.86. The van der Waals surface area contributed by atoms with Gasteiger partial charge in [-0.25, -0.2) is 0 Å². The van der Waals surface area contributed by atoms with Gasteiger partial charge in [-0.3, -0.25) is 0 Å². The molecule has 0 unspecified atom stereocenters. The molecule has 20 heavy (non-hydrogen) atoms. The van der Waals surface area contributed by atoms with Crippen LogP contribution in [0.15, 0.2) is 42.5 Å². The third-order valence-electron chi connectivity index (χ3n) is 3.83. The third kappa shape index (κ3) is 3.92. The normalized spacial score (nSPS) is 10.9. The zero-order chi connectivity index (χ0) is 14.2. The van der Waals surface area contributed by atoms with Crippen LogP contribution in [-0.2, 0) is 0 Å². The van der Waals surface area contributed by atoms with Crippen molar-refractivity contribution >= 4 is 29.1 Å². The molecule has 0 amide bonds. The largest absolute Gasteiger partial charge is 0.371 e. The van der Waals surface area contributed by atoms with Crippen molar-refractivity contribution in [1.29, 1.82) is 0 Å². The zero-order valence-electron chi connectivity index (χ0n) is 12.4. The standard InChI is InChI=1S/C18H25NS/c1-2-19(14-7-3-4-8-15-20)18-13-9-11-16-10-5-6-12-17(16)18/h5-6,9-13,20H,2-4,7-8,14-15H2,1H3. The maximum absolute atomic E-state index is 4.27. The number of hydrogen-bond acceptors (Lipinski definition) is 2. The van der Waals surface area contributed by atoms with Gasteiger partial charge in [-0.15, -0.1) is 0 Å². The molecule has 108 valence electrons. The zero-order valence-corrected chi connectivity index (χ0v) is 13.3. The van der Waals surface area contributed by atoms with Gasteiger partial charge in [0.25, 0.3) is 0 Å². The minimum atomic E-state index is 1.01. The van der Waals surface area contributed by atoms with Crippen LogP contribution < -0.4 is 4.90 Å². The lowest BCUT2D eigenvalue weighted by Crippen LogP contribution is -2.24. The molecule has 0 aromatic heterocycles. The summed E-state index contributed by atoms with van der Waals surface area (Å²) in [5, 5.41) is 2.70. The molecule has 0 aliphatic carbocycles. The fourth-order valence-corrected chi connectivity index (χ4v) is 2.92. The van der Waals surface area contributed by atoms with Gasteiger partial charge in [-0.05, 0) is 37.0 Å². The van der Waals surface area contributed by atoms with Crippen LogP contribution in [0.25, 0.3) is 10.8 Å². The molecule has 0 saturated heterocycles. The summed E-state index contributed by atoms with van der Waals surface area (Å²) in [6.45, 7) is 4.47. The smallest absolute Gasteiger partial charge is 0.0445 e. The van der Waals surface area contributed by atoms with E-state index in [1.54, 1.807) is 0 Å². The number of anilines is 1. The number of hydrogen-bond donors (Lipinski definition) is 1. The van der Waals surface area contributed by atoms with Crippen LogP contribution in [0.5, 0.6) is 0 Å². The average Bonchev–Trinajstić information content (AvgIpc) is 2.51. The van der Waals surface area contributed by atoms with Crippen LogP contribution in [0.1, 0.15) is 32.6 Å². The Balaban J connectivity index is 2.05. The van der Waals surface area contributed by atoms with E-state index in [2.05, 4.69) is 66.9 Å². The van der Waals surface area contributed by atoms with Crippen LogP contribution in [0.4, 0.5) is 5.69 Å². The van der Waals surface area contributed by atoms with Gasteiger partial charge < -0.3 is 4.90 Å². The predicted molar refractivity (Wildman–Crippen MR) is 94.2 cm³/mol. The average molecular weight is 287 g/mol. The molecule has 0 aliphatic heterocycles. The molecular formula is C18H25NS. The number of fused-ring (bicyclic) bond motifs is 1. The Labute approximate surface area is 128 Å². The summed E-state index contributed by atoms with van der Waals surface area (Å²) in [6, 6.07) is 15.3. The molecule has 1 nitrogen and oxygen atoms in total. The molecule has 0 atom stereocenters. The van der Waals surface area contributed by atoms with E-state index in [4.69, 9.17) is 0 Å². The van der Waals surface area contributed by atoms with E-state index in [9.17, 15) is 0 Å². The first-order valence-corrected chi connectivity index (χ1v) is 8.33. The molecule has 2 rings (SSSR count). The Morgan fingerprint density at radius 1 is 0.900 bits per heavy atom. The van der Waals surface area contributed by atoms with Crippen LogP contribution in [0.3, 0.4) is 0 Å². The number of unbranched alkanes of at least 4 members (excludes halogenated alkanes) is 3. The van der Waals surface area contributed by atoms with Crippen molar-refractivity contribution in [2.75, 3.05) is 23.7 Å². The van der Waals surface area contributed by atoms with Crippen molar-refractivity contribution in [1.82, 2.24) is 0 Å². The van der Waals surface area contributed by atoms with Crippen LogP contribution in [0, 0.1) is 0 Å². The van der Waals surface area contributed by atoms with Gasteiger partial charge >= 0.3 is 0 Å². The predicted octanol–water partition coefficient (Wildman–Crippen LogP) is 5.16. The molecule has 0 bridgehead atoms. The maximum Gasteiger partial charge on any atom is 0.0445 e. The third-order valence-corrected chi connectivity index (χ3v) is 4.14. The number of benzene rings is 2. The monoisotopic (exact) mass is 287 g/mol. The molecule has 2 heteroatoms. The second-order valence-electron chi connectivity index (χ2n) is 5.22. The SMILES string of the molecule is CCN(CCCCCCS)c1cccc2ccccc12. The second kappa shape index (κ2) is 8.21. The first kappa shape index (κ1) is 15.2. The van der Waals surface area contributed by atoms with E-state index < -0.39 is 0 Å². The molecule has 2 aromatic carbocycles. The topological polar surface area (TPSA) is 3.24 Å². The summed E-state index contributed by atoms with van der Waals surface area (Å²) >= 11 is 4.27. The van der Waals surface area contributed by atoms with Crippen molar-refractivity contribution in [2.45, 2.75) is 32.6 Å². The summed E-state index contributed by atoms with van der Waals surface area (Å²) < 4.78 is 0. The van der Waals surface area contributed by atoms with E-state index in [0.717, 1.165) is 18.8 Å². The van der Waals surface area contributed by atoms with E-state index in [-0.39, 0.29) is 0 Å². The van der Waals surface area contributed by atoms with Gasteiger partial charge in [0.05, 0.1) is 0 Å². The quantitative estimate of drug-likeness (QED) is 0.518. The highest BCUT2D eigenvalue weighted by molar-refractivity contribution is 7.80. The van der Waals surface area contributed by atoms with E-state index in [0.29, 0.717) is 0 Å². The Bertz CT molecular complexity index is 518. The van der Waals surface area contributed by atoms with Gasteiger partial charge in [-0.1, -0.05) is 49.2 Å². The van der Waals surface area contributed by atoms with Gasteiger partial charge in [0.15, 0.2) is 0 Å². The lowest BCUT2D eigenvalue weighted by atomic mass is 10.1. The Morgan fingerprint density at radius 3 is 2.45 bits per heavy atom. The summed E-state index contributed by atoms with van der Waals surface area (Å²) in [6.07, 6.45) is 5.12. The summed E-state index contributed by atoms with van der Waals surface area (Å²) in [4.78, 5) is 2.50. The van der Waals surface area contributed by atoms with Gasteiger partial charge in [0.1, 0.15) is 0 Å². The first-order valence-electron chi connectivity index (χ1n) is 7.70. The second-order valence-corrected chi connectivity index (χ2v) is 5.66. The van der Waals surface area contributed by atoms with E-state index >= 15 is 0 Å². The Kier molecular flexibility index (Phi) is 6.25. The van der Waals surface area contributed by atoms with Crippen molar-refractivity contribution in [2.24, 2.45) is 0 Å². The Hall–Kier alpha value is -1.15. The van der Waals surface area contributed by atoms with E-state index in [1.807, 2.05) is 0 Å². The highest BCUT2D eigenvalue weighted by Crippen LogP contribution is 2.26. The minimum absolute atomic E-state index is 1.01.